The second kappa shape index (κ2) is 10.5. The second-order valence-electron chi connectivity index (χ2n) is 8.58. The van der Waals surface area contributed by atoms with Crippen LogP contribution in [0.2, 0.25) is 5.02 Å². The van der Waals surface area contributed by atoms with E-state index >= 15 is 0 Å². The first-order valence-corrected chi connectivity index (χ1v) is 11.9. The molecule has 0 fully saturated rings. The molecule has 9 heteroatoms. The van der Waals surface area contributed by atoms with Crippen LogP contribution < -0.4 is 10.1 Å². The Kier molecular flexibility index (Phi) is 6.97. The molecule has 0 bridgehead atoms. The van der Waals surface area contributed by atoms with Crippen LogP contribution in [0.4, 0.5) is 15.9 Å². The molecule has 1 aromatic heterocycles. The maximum atomic E-state index is 13.4. The number of fused-ring (bicyclic) bond motifs is 1. The molecular weight excluding hydrogens is 483 g/mol. The maximum absolute atomic E-state index is 13.4. The smallest absolute Gasteiger partial charge is 0.188 e. The van der Waals surface area contributed by atoms with Crippen molar-refractivity contribution < 1.29 is 19.0 Å². The van der Waals surface area contributed by atoms with E-state index in [-0.39, 0.29) is 18.5 Å². The minimum absolute atomic E-state index is 0.205. The van der Waals surface area contributed by atoms with Gasteiger partial charge in [0.05, 0.1) is 16.6 Å². The molecule has 2 N–H and O–H groups in total. The molecule has 0 radical (unpaired) electrons. The number of nitrogens with zero attached hydrogens (tertiary/aromatic N) is 3. The lowest BCUT2D eigenvalue weighted by Gasteiger charge is -2.12. The third kappa shape index (κ3) is 5.56. The van der Waals surface area contributed by atoms with Crippen molar-refractivity contribution in [2.45, 2.75) is 32.1 Å². The second-order valence-corrected chi connectivity index (χ2v) is 8.99. The Bertz CT molecular complexity index is 1430. The summed E-state index contributed by atoms with van der Waals surface area (Å²) in [5, 5.41) is 14.3. The minimum Gasteiger partial charge on any atom is -0.487 e. The first-order chi connectivity index (χ1) is 17.4. The number of aliphatic hydroxyl groups is 1. The topological polar surface area (TPSA) is 88.9 Å². The van der Waals surface area contributed by atoms with Gasteiger partial charge >= 0.3 is 0 Å². The third-order valence-electron chi connectivity index (χ3n) is 5.82. The SMILES string of the molecule is C[C@@H](O)C1COC(Cc2ccc3ncnc(Nc4ccc(OCc5cccc(F)c5)c(Cl)c4)c3c2)=N1. The Hall–Kier alpha value is -3.75. The number of benzene rings is 3. The lowest BCUT2D eigenvalue weighted by Crippen LogP contribution is -2.21. The van der Waals surface area contributed by atoms with E-state index in [1.165, 1.54) is 18.5 Å². The normalized spacial score (nSPS) is 15.9. The van der Waals surface area contributed by atoms with Crippen LogP contribution in [0, 0.1) is 5.82 Å². The molecule has 0 spiro atoms. The largest absolute Gasteiger partial charge is 0.487 e. The van der Waals surface area contributed by atoms with Gasteiger partial charge in [0.25, 0.3) is 0 Å². The molecule has 1 unspecified atom stereocenters. The quantitative estimate of drug-likeness (QED) is 0.329. The highest BCUT2D eigenvalue weighted by atomic mass is 35.5. The molecule has 0 amide bonds. The first-order valence-electron chi connectivity index (χ1n) is 11.5. The van der Waals surface area contributed by atoms with Crippen LogP contribution in [0.1, 0.15) is 18.1 Å². The van der Waals surface area contributed by atoms with Gasteiger partial charge in [-0.05, 0) is 60.5 Å². The Morgan fingerprint density at radius 3 is 2.81 bits per heavy atom. The van der Waals surface area contributed by atoms with Gasteiger partial charge in [-0.1, -0.05) is 29.8 Å². The number of aliphatic hydroxyl groups excluding tert-OH is 1. The van der Waals surface area contributed by atoms with Crippen LogP contribution in [-0.4, -0.2) is 39.7 Å². The number of aliphatic imine (C=N–C) groups is 1. The highest BCUT2D eigenvalue weighted by molar-refractivity contribution is 6.32. The Balaban J connectivity index is 1.32. The molecule has 36 heavy (non-hydrogen) atoms. The highest BCUT2D eigenvalue weighted by Crippen LogP contribution is 2.31. The van der Waals surface area contributed by atoms with Crippen molar-refractivity contribution >= 4 is 39.9 Å². The van der Waals surface area contributed by atoms with E-state index in [1.54, 1.807) is 31.2 Å². The minimum atomic E-state index is -0.548. The van der Waals surface area contributed by atoms with Crippen molar-refractivity contribution in [1.82, 2.24) is 9.97 Å². The standard InChI is InChI=1S/C27H24ClFN4O3/c1-16(34)24-14-36-26(33-24)11-17-5-7-23-21(10-17)27(31-15-30-23)32-20-6-8-25(22(28)12-20)35-13-18-3-2-4-19(29)9-18/h2-10,12,15-16,24,34H,11,13-14H2,1H3,(H,30,31,32)/t16-,24?/m1/s1. The summed E-state index contributed by atoms with van der Waals surface area (Å²) in [5.41, 5.74) is 3.22. The van der Waals surface area contributed by atoms with Crippen molar-refractivity contribution in [2.24, 2.45) is 4.99 Å². The molecule has 0 aliphatic carbocycles. The summed E-state index contributed by atoms with van der Waals surface area (Å²) in [6.07, 6.45) is 1.46. The number of rotatable bonds is 8. The Labute approximate surface area is 212 Å². The molecule has 2 atom stereocenters. The Morgan fingerprint density at radius 2 is 2.03 bits per heavy atom. The number of hydrogen-bond acceptors (Lipinski definition) is 7. The number of halogens is 2. The monoisotopic (exact) mass is 506 g/mol. The summed E-state index contributed by atoms with van der Waals surface area (Å²) in [6.45, 7) is 2.30. The van der Waals surface area contributed by atoms with E-state index in [9.17, 15) is 9.50 Å². The fourth-order valence-corrected chi connectivity index (χ4v) is 4.13. The van der Waals surface area contributed by atoms with Gasteiger partial charge < -0.3 is 19.9 Å². The average molecular weight is 507 g/mol. The predicted octanol–water partition coefficient (Wildman–Crippen LogP) is 5.47. The average Bonchev–Trinajstić information content (AvgIpc) is 3.33. The van der Waals surface area contributed by atoms with Gasteiger partial charge in [-0.25, -0.2) is 19.4 Å². The van der Waals surface area contributed by atoms with Crippen LogP contribution in [0.15, 0.2) is 72.0 Å². The molecule has 7 nitrogen and oxygen atoms in total. The van der Waals surface area contributed by atoms with Gasteiger partial charge in [0.15, 0.2) is 5.90 Å². The van der Waals surface area contributed by atoms with Gasteiger partial charge in [-0.2, -0.15) is 0 Å². The fourth-order valence-electron chi connectivity index (χ4n) is 3.89. The van der Waals surface area contributed by atoms with Gasteiger partial charge in [-0.15, -0.1) is 0 Å². The molecule has 0 saturated heterocycles. The number of ether oxygens (including phenoxy) is 2. The molecule has 4 aromatic rings. The molecule has 3 aromatic carbocycles. The number of hydrogen-bond donors (Lipinski definition) is 2. The van der Waals surface area contributed by atoms with E-state index < -0.39 is 6.10 Å². The molecule has 0 saturated carbocycles. The van der Waals surface area contributed by atoms with Gasteiger partial charge in [0, 0.05) is 17.5 Å². The van der Waals surface area contributed by atoms with Crippen molar-refractivity contribution in [3.63, 3.8) is 0 Å². The van der Waals surface area contributed by atoms with Crippen LogP contribution >= 0.6 is 11.6 Å². The van der Waals surface area contributed by atoms with Crippen molar-refractivity contribution in [2.75, 3.05) is 11.9 Å². The molecule has 1 aliphatic heterocycles. The van der Waals surface area contributed by atoms with Crippen LogP contribution in [0.25, 0.3) is 10.9 Å². The van der Waals surface area contributed by atoms with Crippen molar-refractivity contribution in [3.05, 3.63) is 89.0 Å². The number of aromatic nitrogens is 2. The fraction of sp³-hybridized carbons (Fsp3) is 0.222. The van der Waals surface area contributed by atoms with Crippen molar-refractivity contribution in [3.8, 4) is 5.75 Å². The number of nitrogens with one attached hydrogen (secondary N) is 1. The zero-order chi connectivity index (χ0) is 25.1. The Morgan fingerprint density at radius 1 is 1.14 bits per heavy atom. The van der Waals surface area contributed by atoms with E-state index in [4.69, 9.17) is 21.1 Å². The van der Waals surface area contributed by atoms with E-state index in [1.807, 2.05) is 24.3 Å². The first kappa shape index (κ1) is 24.0. The molecule has 184 valence electrons. The van der Waals surface area contributed by atoms with E-state index in [2.05, 4.69) is 20.3 Å². The van der Waals surface area contributed by atoms with Gasteiger partial charge in [0.2, 0.25) is 0 Å². The predicted molar refractivity (Wildman–Crippen MR) is 138 cm³/mol. The highest BCUT2D eigenvalue weighted by Gasteiger charge is 2.23. The zero-order valence-electron chi connectivity index (χ0n) is 19.5. The summed E-state index contributed by atoms with van der Waals surface area (Å²) < 4.78 is 24.8. The van der Waals surface area contributed by atoms with Crippen LogP contribution in [-0.2, 0) is 17.8 Å². The van der Waals surface area contributed by atoms with E-state index in [0.29, 0.717) is 41.1 Å². The summed E-state index contributed by atoms with van der Waals surface area (Å²) >= 11 is 6.45. The lowest BCUT2D eigenvalue weighted by molar-refractivity contribution is 0.145. The summed E-state index contributed by atoms with van der Waals surface area (Å²) in [4.78, 5) is 13.2. The summed E-state index contributed by atoms with van der Waals surface area (Å²) in [5.74, 6) is 1.42. The van der Waals surface area contributed by atoms with Gasteiger partial charge in [0.1, 0.15) is 43.0 Å². The summed E-state index contributed by atoms with van der Waals surface area (Å²) in [6, 6.07) is 17.3. The van der Waals surface area contributed by atoms with Crippen molar-refractivity contribution in [1.29, 1.82) is 0 Å². The third-order valence-corrected chi connectivity index (χ3v) is 6.12. The number of anilines is 2. The molecule has 1 aliphatic rings. The van der Waals surface area contributed by atoms with Crippen LogP contribution in [0.3, 0.4) is 0 Å². The molecular formula is C27H24ClFN4O3. The lowest BCUT2D eigenvalue weighted by atomic mass is 10.1. The van der Waals surface area contributed by atoms with E-state index in [0.717, 1.165) is 22.2 Å². The molecule has 5 rings (SSSR count). The zero-order valence-corrected chi connectivity index (χ0v) is 20.2. The van der Waals surface area contributed by atoms with Crippen LogP contribution in [0.5, 0.6) is 5.75 Å². The maximum Gasteiger partial charge on any atom is 0.188 e. The van der Waals surface area contributed by atoms with Gasteiger partial charge in [-0.3, -0.25) is 0 Å². The molecule has 2 heterocycles. The summed E-state index contributed by atoms with van der Waals surface area (Å²) in [7, 11) is 0.